The summed E-state index contributed by atoms with van der Waals surface area (Å²) < 4.78 is 1.98. The molecule has 0 saturated carbocycles. The molecule has 2 aromatic rings. The molecule has 2 heterocycles. The molecular formula is C13H20N4S. The molecule has 4 nitrogen and oxygen atoms in total. The zero-order valence-electron chi connectivity index (χ0n) is 11.2. The van der Waals surface area contributed by atoms with Crippen LogP contribution in [0.1, 0.15) is 30.8 Å². The average Bonchev–Trinajstić information content (AvgIpc) is 2.89. The fourth-order valence-corrected chi connectivity index (χ4v) is 2.66. The number of hydrogen-bond donors (Lipinski definition) is 1. The molecule has 0 saturated heterocycles. The predicted octanol–water partition coefficient (Wildman–Crippen LogP) is 2.59. The summed E-state index contributed by atoms with van der Waals surface area (Å²) in [6.45, 7) is 9.11. The van der Waals surface area contributed by atoms with Crippen molar-refractivity contribution in [3.63, 3.8) is 0 Å². The Morgan fingerprint density at radius 1 is 1.33 bits per heavy atom. The van der Waals surface area contributed by atoms with Gasteiger partial charge in [-0.2, -0.15) is 16.4 Å². The predicted molar refractivity (Wildman–Crippen MR) is 74.5 cm³/mol. The maximum atomic E-state index is 4.30. The second-order valence-electron chi connectivity index (χ2n) is 4.94. The molecule has 0 atom stereocenters. The van der Waals surface area contributed by atoms with Crippen molar-refractivity contribution >= 4 is 11.3 Å². The van der Waals surface area contributed by atoms with Crippen molar-refractivity contribution in [1.29, 1.82) is 0 Å². The topological polar surface area (TPSA) is 42.7 Å². The number of rotatable bonds is 6. The van der Waals surface area contributed by atoms with Crippen LogP contribution in [0.3, 0.4) is 0 Å². The van der Waals surface area contributed by atoms with E-state index < -0.39 is 0 Å². The third-order valence-electron chi connectivity index (χ3n) is 2.79. The smallest absolute Gasteiger partial charge is 0.140 e. The second-order valence-corrected chi connectivity index (χ2v) is 5.68. The molecular weight excluding hydrogens is 244 g/mol. The molecule has 1 N–H and O–H groups in total. The molecule has 2 aromatic heterocycles. The Morgan fingerprint density at radius 2 is 2.17 bits per heavy atom. The van der Waals surface area contributed by atoms with Crippen LogP contribution in [0.4, 0.5) is 0 Å². The molecule has 0 aliphatic rings. The van der Waals surface area contributed by atoms with Gasteiger partial charge in [0.25, 0.3) is 0 Å². The third kappa shape index (κ3) is 3.40. The SMILES string of the molecule is Cc1cscc1CNCc1ncnn1CC(C)C. The number of aryl methyl sites for hydroxylation is 1. The van der Waals surface area contributed by atoms with Crippen LogP contribution in [0.15, 0.2) is 17.1 Å². The van der Waals surface area contributed by atoms with E-state index >= 15 is 0 Å². The van der Waals surface area contributed by atoms with Crippen molar-refractivity contribution < 1.29 is 0 Å². The normalized spacial score (nSPS) is 11.3. The quantitative estimate of drug-likeness (QED) is 0.872. The zero-order valence-corrected chi connectivity index (χ0v) is 12.0. The van der Waals surface area contributed by atoms with Crippen LogP contribution in [0.5, 0.6) is 0 Å². The van der Waals surface area contributed by atoms with Crippen LogP contribution in [-0.2, 0) is 19.6 Å². The Kier molecular flexibility index (Phi) is 4.49. The molecule has 0 bridgehead atoms. The number of nitrogens with zero attached hydrogens (tertiary/aromatic N) is 3. The van der Waals surface area contributed by atoms with Crippen molar-refractivity contribution in [3.8, 4) is 0 Å². The lowest BCUT2D eigenvalue weighted by Crippen LogP contribution is -2.18. The van der Waals surface area contributed by atoms with E-state index in [2.05, 4.69) is 46.9 Å². The maximum Gasteiger partial charge on any atom is 0.140 e. The minimum absolute atomic E-state index is 0.588. The number of thiophene rings is 1. The largest absolute Gasteiger partial charge is 0.306 e. The van der Waals surface area contributed by atoms with Crippen LogP contribution in [0.2, 0.25) is 0 Å². The summed E-state index contributed by atoms with van der Waals surface area (Å²) in [5, 5.41) is 12.1. The molecule has 18 heavy (non-hydrogen) atoms. The monoisotopic (exact) mass is 264 g/mol. The summed E-state index contributed by atoms with van der Waals surface area (Å²) in [6, 6.07) is 0. The van der Waals surface area contributed by atoms with Crippen LogP contribution in [0, 0.1) is 12.8 Å². The highest BCUT2D eigenvalue weighted by atomic mass is 32.1. The first-order valence-corrected chi connectivity index (χ1v) is 7.20. The summed E-state index contributed by atoms with van der Waals surface area (Å²) in [6.07, 6.45) is 1.63. The lowest BCUT2D eigenvalue weighted by molar-refractivity contribution is 0.457. The summed E-state index contributed by atoms with van der Waals surface area (Å²) in [4.78, 5) is 4.30. The van der Waals surface area contributed by atoms with Crippen molar-refractivity contribution in [1.82, 2.24) is 20.1 Å². The van der Waals surface area contributed by atoms with E-state index in [1.807, 2.05) is 4.68 Å². The highest BCUT2D eigenvalue weighted by molar-refractivity contribution is 7.08. The first kappa shape index (κ1) is 13.2. The van der Waals surface area contributed by atoms with Gasteiger partial charge in [0.05, 0.1) is 6.54 Å². The standard InChI is InChI=1S/C13H20N4S/c1-10(2)6-17-13(15-9-16-17)5-14-4-12-8-18-7-11(12)3/h7-10,14H,4-6H2,1-3H3. The van der Waals surface area contributed by atoms with Crippen molar-refractivity contribution in [2.45, 2.75) is 40.4 Å². The van der Waals surface area contributed by atoms with Crippen LogP contribution in [-0.4, -0.2) is 14.8 Å². The Morgan fingerprint density at radius 3 is 2.83 bits per heavy atom. The van der Waals surface area contributed by atoms with Gasteiger partial charge in [-0.1, -0.05) is 13.8 Å². The lowest BCUT2D eigenvalue weighted by Gasteiger charge is -2.09. The summed E-state index contributed by atoms with van der Waals surface area (Å²) in [7, 11) is 0. The van der Waals surface area contributed by atoms with Gasteiger partial charge in [-0.25, -0.2) is 9.67 Å². The summed E-state index contributed by atoms with van der Waals surface area (Å²) >= 11 is 1.75. The van der Waals surface area contributed by atoms with Gasteiger partial charge in [0.2, 0.25) is 0 Å². The number of hydrogen-bond acceptors (Lipinski definition) is 4. The van der Waals surface area contributed by atoms with E-state index in [-0.39, 0.29) is 0 Å². The van der Waals surface area contributed by atoms with E-state index in [9.17, 15) is 0 Å². The van der Waals surface area contributed by atoms with E-state index in [0.29, 0.717) is 5.92 Å². The molecule has 0 amide bonds. The minimum atomic E-state index is 0.588. The Balaban J connectivity index is 1.87. The Bertz CT molecular complexity index is 487. The first-order valence-electron chi connectivity index (χ1n) is 6.26. The van der Waals surface area contributed by atoms with E-state index in [4.69, 9.17) is 0 Å². The molecule has 2 rings (SSSR count). The van der Waals surface area contributed by atoms with Gasteiger partial charge in [0, 0.05) is 13.1 Å². The molecule has 0 unspecified atom stereocenters. The van der Waals surface area contributed by atoms with Gasteiger partial charge in [0.15, 0.2) is 0 Å². The number of nitrogens with one attached hydrogen (secondary N) is 1. The minimum Gasteiger partial charge on any atom is -0.306 e. The average molecular weight is 264 g/mol. The van der Waals surface area contributed by atoms with Crippen LogP contribution < -0.4 is 5.32 Å². The van der Waals surface area contributed by atoms with Crippen molar-refractivity contribution in [2.75, 3.05) is 0 Å². The van der Waals surface area contributed by atoms with E-state index in [0.717, 1.165) is 25.5 Å². The maximum absolute atomic E-state index is 4.30. The second kappa shape index (κ2) is 6.11. The molecule has 0 aliphatic carbocycles. The van der Waals surface area contributed by atoms with Gasteiger partial charge >= 0.3 is 0 Å². The molecule has 0 aromatic carbocycles. The summed E-state index contributed by atoms with van der Waals surface area (Å²) in [5.41, 5.74) is 2.73. The highest BCUT2D eigenvalue weighted by Crippen LogP contribution is 2.13. The van der Waals surface area contributed by atoms with Crippen LogP contribution in [0.25, 0.3) is 0 Å². The Labute approximate surface area is 112 Å². The van der Waals surface area contributed by atoms with Crippen LogP contribution >= 0.6 is 11.3 Å². The fraction of sp³-hybridized carbons (Fsp3) is 0.538. The van der Waals surface area contributed by atoms with Gasteiger partial charge in [-0.3, -0.25) is 0 Å². The molecule has 0 aliphatic heterocycles. The highest BCUT2D eigenvalue weighted by Gasteiger charge is 2.06. The molecule has 0 radical (unpaired) electrons. The first-order chi connectivity index (χ1) is 8.66. The van der Waals surface area contributed by atoms with Gasteiger partial charge in [-0.05, 0) is 34.7 Å². The third-order valence-corrected chi connectivity index (χ3v) is 3.70. The van der Waals surface area contributed by atoms with Crippen molar-refractivity contribution in [3.05, 3.63) is 34.0 Å². The van der Waals surface area contributed by atoms with E-state index in [1.54, 1.807) is 17.7 Å². The molecule has 5 heteroatoms. The van der Waals surface area contributed by atoms with Crippen molar-refractivity contribution in [2.24, 2.45) is 5.92 Å². The van der Waals surface area contributed by atoms with Gasteiger partial charge < -0.3 is 5.32 Å². The fourth-order valence-electron chi connectivity index (χ4n) is 1.80. The molecule has 98 valence electrons. The van der Waals surface area contributed by atoms with E-state index in [1.165, 1.54) is 11.1 Å². The lowest BCUT2D eigenvalue weighted by atomic mass is 10.2. The number of aromatic nitrogens is 3. The van der Waals surface area contributed by atoms with Gasteiger partial charge in [-0.15, -0.1) is 0 Å². The Hall–Kier alpha value is -1.20. The molecule has 0 spiro atoms. The molecule has 0 fully saturated rings. The zero-order chi connectivity index (χ0) is 13.0. The van der Waals surface area contributed by atoms with Gasteiger partial charge in [0.1, 0.15) is 12.2 Å². The summed E-state index contributed by atoms with van der Waals surface area (Å²) in [5.74, 6) is 1.60.